The highest BCUT2D eigenvalue weighted by atomic mass is 35.5. The maximum atomic E-state index is 5.63. The molecule has 1 heterocycles. The van der Waals surface area contributed by atoms with Gasteiger partial charge in [-0.1, -0.05) is 5.92 Å². The molecule has 1 atom stereocenters. The van der Waals surface area contributed by atoms with Crippen molar-refractivity contribution in [1.29, 1.82) is 0 Å². The summed E-state index contributed by atoms with van der Waals surface area (Å²) in [4.78, 5) is 0. The first-order chi connectivity index (χ1) is 5.33. The molecule has 0 aromatic heterocycles. The molecule has 0 spiro atoms. The maximum Gasteiger partial charge on any atom is 0.0664 e. The van der Waals surface area contributed by atoms with Crippen molar-refractivity contribution in [1.82, 2.24) is 0 Å². The van der Waals surface area contributed by atoms with Gasteiger partial charge in [0.2, 0.25) is 0 Å². The number of hydrogen-bond acceptors (Lipinski definition) is 2. The van der Waals surface area contributed by atoms with Gasteiger partial charge in [-0.15, -0.1) is 18.8 Å². The third kappa shape index (κ3) is 3.96. The van der Waals surface area contributed by atoms with Gasteiger partial charge in [0.25, 0.3) is 0 Å². The summed E-state index contributed by atoms with van der Waals surface area (Å²) < 4.78 is 5.22. The molecule has 0 aromatic carbocycles. The van der Waals surface area contributed by atoms with E-state index in [1.807, 2.05) is 0 Å². The van der Waals surface area contributed by atoms with Gasteiger partial charge in [0, 0.05) is 13.2 Å². The standard InChI is InChI=1S/C9H15NO.ClH/c1-2-9(10)7-8-3-5-11-6-4-8;/h1,8-9H,3-7,10H2;1H. The summed E-state index contributed by atoms with van der Waals surface area (Å²) in [7, 11) is 0. The van der Waals surface area contributed by atoms with E-state index in [1.165, 1.54) is 0 Å². The molecule has 12 heavy (non-hydrogen) atoms. The number of halogens is 1. The Morgan fingerprint density at radius 1 is 1.50 bits per heavy atom. The summed E-state index contributed by atoms with van der Waals surface area (Å²) in [6.45, 7) is 1.75. The van der Waals surface area contributed by atoms with Crippen molar-refractivity contribution in [2.45, 2.75) is 25.3 Å². The van der Waals surface area contributed by atoms with E-state index in [-0.39, 0.29) is 18.4 Å². The third-order valence-electron chi connectivity index (χ3n) is 2.14. The molecule has 70 valence electrons. The second kappa shape index (κ2) is 6.30. The number of rotatable bonds is 2. The molecule has 0 radical (unpaired) electrons. The summed E-state index contributed by atoms with van der Waals surface area (Å²) in [5, 5.41) is 0. The summed E-state index contributed by atoms with van der Waals surface area (Å²) >= 11 is 0. The number of ether oxygens (including phenoxy) is 1. The van der Waals surface area contributed by atoms with Gasteiger partial charge >= 0.3 is 0 Å². The van der Waals surface area contributed by atoms with Gasteiger partial charge in [-0.05, 0) is 25.2 Å². The first kappa shape index (κ1) is 11.8. The van der Waals surface area contributed by atoms with Crippen molar-refractivity contribution in [2.75, 3.05) is 13.2 Å². The molecule has 1 saturated heterocycles. The highest BCUT2D eigenvalue weighted by molar-refractivity contribution is 5.85. The first-order valence-corrected chi connectivity index (χ1v) is 4.12. The van der Waals surface area contributed by atoms with Crippen LogP contribution in [0.15, 0.2) is 0 Å². The average molecular weight is 190 g/mol. The van der Waals surface area contributed by atoms with Gasteiger partial charge in [-0.3, -0.25) is 0 Å². The average Bonchev–Trinajstić information content (AvgIpc) is 2.06. The Bertz CT molecular complexity index is 149. The molecule has 1 fully saturated rings. The lowest BCUT2D eigenvalue weighted by Gasteiger charge is -2.22. The number of hydrogen-bond donors (Lipinski definition) is 1. The summed E-state index contributed by atoms with van der Waals surface area (Å²) in [6.07, 6.45) is 8.38. The van der Waals surface area contributed by atoms with E-state index in [9.17, 15) is 0 Å². The second-order valence-electron chi connectivity index (χ2n) is 3.06. The quantitative estimate of drug-likeness (QED) is 0.663. The lowest BCUT2D eigenvalue weighted by atomic mass is 9.93. The minimum absolute atomic E-state index is 0. The van der Waals surface area contributed by atoms with Crippen LogP contribution < -0.4 is 5.73 Å². The fraction of sp³-hybridized carbons (Fsp3) is 0.778. The Morgan fingerprint density at radius 3 is 2.58 bits per heavy atom. The molecule has 1 rings (SSSR count). The van der Waals surface area contributed by atoms with Crippen LogP contribution in [0.2, 0.25) is 0 Å². The highest BCUT2D eigenvalue weighted by Gasteiger charge is 2.15. The van der Waals surface area contributed by atoms with Crippen molar-refractivity contribution in [3.63, 3.8) is 0 Å². The number of terminal acetylenes is 1. The predicted octanol–water partition coefficient (Wildman–Crippen LogP) is 1.19. The van der Waals surface area contributed by atoms with E-state index in [4.69, 9.17) is 16.9 Å². The Labute approximate surface area is 80.3 Å². The zero-order chi connectivity index (χ0) is 8.10. The molecular weight excluding hydrogens is 174 g/mol. The fourth-order valence-electron chi connectivity index (χ4n) is 1.41. The Kier molecular flexibility index (Phi) is 6.18. The monoisotopic (exact) mass is 189 g/mol. The molecule has 0 bridgehead atoms. The smallest absolute Gasteiger partial charge is 0.0664 e. The van der Waals surface area contributed by atoms with Crippen LogP contribution in [0.5, 0.6) is 0 Å². The van der Waals surface area contributed by atoms with Crippen LogP contribution in [-0.2, 0) is 4.74 Å². The maximum absolute atomic E-state index is 5.63. The molecule has 3 heteroatoms. The third-order valence-corrected chi connectivity index (χ3v) is 2.14. The molecule has 1 unspecified atom stereocenters. The lowest BCUT2D eigenvalue weighted by molar-refractivity contribution is 0.0633. The molecule has 0 saturated carbocycles. The van der Waals surface area contributed by atoms with E-state index >= 15 is 0 Å². The normalized spacial score (nSPS) is 20.7. The van der Waals surface area contributed by atoms with Crippen molar-refractivity contribution in [2.24, 2.45) is 11.7 Å². The van der Waals surface area contributed by atoms with Crippen LogP contribution in [0.3, 0.4) is 0 Å². The van der Waals surface area contributed by atoms with Gasteiger partial charge < -0.3 is 10.5 Å². The summed E-state index contributed by atoms with van der Waals surface area (Å²) in [6, 6.07) is -0.0573. The van der Waals surface area contributed by atoms with E-state index in [1.54, 1.807) is 0 Å². The molecule has 1 aliphatic heterocycles. The highest BCUT2D eigenvalue weighted by Crippen LogP contribution is 2.18. The van der Waals surface area contributed by atoms with Gasteiger partial charge in [0.1, 0.15) is 0 Å². The molecule has 2 nitrogen and oxygen atoms in total. The van der Waals surface area contributed by atoms with E-state index < -0.39 is 0 Å². The predicted molar refractivity (Wildman–Crippen MR) is 52.2 cm³/mol. The molecular formula is C9H16ClNO. The minimum Gasteiger partial charge on any atom is -0.381 e. The molecule has 1 aliphatic rings. The largest absolute Gasteiger partial charge is 0.381 e. The van der Waals surface area contributed by atoms with Crippen molar-refractivity contribution in [3.05, 3.63) is 0 Å². The molecule has 0 amide bonds. The van der Waals surface area contributed by atoms with Gasteiger partial charge in [-0.25, -0.2) is 0 Å². The zero-order valence-corrected chi connectivity index (χ0v) is 7.98. The van der Waals surface area contributed by atoms with Crippen LogP contribution in [0.1, 0.15) is 19.3 Å². The van der Waals surface area contributed by atoms with Crippen molar-refractivity contribution in [3.8, 4) is 12.3 Å². The van der Waals surface area contributed by atoms with Crippen LogP contribution in [0, 0.1) is 18.3 Å². The molecule has 0 aromatic rings. The Balaban J connectivity index is 0.00000121. The summed E-state index contributed by atoms with van der Waals surface area (Å²) in [5.41, 5.74) is 5.63. The van der Waals surface area contributed by atoms with E-state index in [2.05, 4.69) is 5.92 Å². The van der Waals surface area contributed by atoms with Gasteiger partial charge in [0.05, 0.1) is 6.04 Å². The Morgan fingerprint density at radius 2 is 2.08 bits per heavy atom. The zero-order valence-electron chi connectivity index (χ0n) is 7.16. The van der Waals surface area contributed by atoms with Crippen LogP contribution in [-0.4, -0.2) is 19.3 Å². The van der Waals surface area contributed by atoms with Crippen LogP contribution in [0.4, 0.5) is 0 Å². The number of nitrogens with two attached hydrogens (primary N) is 1. The van der Waals surface area contributed by atoms with Gasteiger partial charge in [-0.2, -0.15) is 0 Å². The van der Waals surface area contributed by atoms with Crippen LogP contribution in [0.25, 0.3) is 0 Å². The lowest BCUT2D eigenvalue weighted by Crippen LogP contribution is -2.25. The van der Waals surface area contributed by atoms with Crippen LogP contribution >= 0.6 is 12.4 Å². The topological polar surface area (TPSA) is 35.2 Å². The van der Waals surface area contributed by atoms with Crippen molar-refractivity contribution >= 4 is 12.4 Å². The van der Waals surface area contributed by atoms with Gasteiger partial charge in [0.15, 0.2) is 0 Å². The minimum atomic E-state index is -0.0573. The fourth-order valence-corrected chi connectivity index (χ4v) is 1.41. The Hall–Kier alpha value is -0.230. The van der Waals surface area contributed by atoms with E-state index in [0.717, 1.165) is 32.5 Å². The first-order valence-electron chi connectivity index (χ1n) is 4.12. The van der Waals surface area contributed by atoms with Crippen molar-refractivity contribution < 1.29 is 4.74 Å². The second-order valence-corrected chi connectivity index (χ2v) is 3.06. The molecule has 0 aliphatic carbocycles. The summed E-state index contributed by atoms with van der Waals surface area (Å²) in [5.74, 6) is 3.24. The SMILES string of the molecule is C#CC(N)CC1CCOCC1.Cl. The molecule has 2 N–H and O–H groups in total. The van der Waals surface area contributed by atoms with E-state index in [0.29, 0.717) is 5.92 Å².